The molecule has 0 aromatic heterocycles. The summed E-state index contributed by atoms with van der Waals surface area (Å²) < 4.78 is 10.9. The zero-order chi connectivity index (χ0) is 14.9. The molecule has 2 aliphatic heterocycles. The van der Waals surface area contributed by atoms with Gasteiger partial charge in [-0.05, 0) is 17.7 Å². The fourth-order valence-electron chi connectivity index (χ4n) is 3.27. The van der Waals surface area contributed by atoms with Gasteiger partial charge in [-0.2, -0.15) is 0 Å². The van der Waals surface area contributed by atoms with Crippen LogP contribution in [0.3, 0.4) is 0 Å². The zero-order valence-corrected chi connectivity index (χ0v) is 12.8. The van der Waals surface area contributed by atoms with Crippen LogP contribution in [0.4, 0.5) is 0 Å². The van der Waals surface area contributed by atoms with E-state index in [9.17, 15) is 5.11 Å². The fraction of sp³-hybridized carbons (Fsp3) is 0.625. The molecular weight excluding hydrogens is 268 g/mol. The first-order valence-electron chi connectivity index (χ1n) is 7.57. The predicted molar refractivity (Wildman–Crippen MR) is 80.6 cm³/mol. The van der Waals surface area contributed by atoms with Crippen LogP contribution in [-0.2, 0) is 0 Å². The van der Waals surface area contributed by atoms with Crippen molar-refractivity contribution in [2.45, 2.75) is 19.9 Å². The summed E-state index contributed by atoms with van der Waals surface area (Å²) in [5, 5.41) is 13.2. The monoisotopic (exact) mass is 292 g/mol. The van der Waals surface area contributed by atoms with Crippen LogP contribution in [0.15, 0.2) is 18.2 Å². The molecule has 0 bridgehead atoms. The molecule has 1 aromatic carbocycles. The highest BCUT2D eigenvalue weighted by atomic mass is 16.7. The molecule has 1 fully saturated rings. The largest absolute Gasteiger partial charge is 0.454 e. The van der Waals surface area contributed by atoms with Crippen LogP contribution in [0.2, 0.25) is 0 Å². The molecule has 1 aromatic rings. The van der Waals surface area contributed by atoms with Crippen LogP contribution in [0.25, 0.3) is 0 Å². The van der Waals surface area contributed by atoms with E-state index in [4.69, 9.17) is 9.47 Å². The lowest BCUT2D eigenvalue weighted by molar-refractivity contribution is 0.0304. The maximum atomic E-state index is 9.85. The minimum Gasteiger partial charge on any atom is -0.454 e. The summed E-state index contributed by atoms with van der Waals surface area (Å²) in [7, 11) is 0. The summed E-state index contributed by atoms with van der Waals surface area (Å²) in [5.41, 5.74) is 0.964. The van der Waals surface area contributed by atoms with Gasteiger partial charge >= 0.3 is 0 Å². The first kappa shape index (κ1) is 14.6. The number of rotatable bonds is 4. The van der Waals surface area contributed by atoms with E-state index in [2.05, 4.69) is 36.2 Å². The maximum absolute atomic E-state index is 9.85. The van der Waals surface area contributed by atoms with Gasteiger partial charge in [-0.1, -0.05) is 19.9 Å². The Labute approximate surface area is 125 Å². The van der Waals surface area contributed by atoms with E-state index in [-0.39, 0.29) is 18.1 Å². The molecule has 0 unspecified atom stereocenters. The van der Waals surface area contributed by atoms with Crippen molar-refractivity contribution in [2.24, 2.45) is 5.41 Å². The topological polar surface area (TPSA) is 54.0 Å². The second kappa shape index (κ2) is 5.83. The molecule has 21 heavy (non-hydrogen) atoms. The lowest BCUT2D eigenvalue weighted by atomic mass is 9.79. The third-order valence-corrected chi connectivity index (χ3v) is 4.38. The highest BCUT2D eigenvalue weighted by Gasteiger charge is 2.36. The van der Waals surface area contributed by atoms with Crippen molar-refractivity contribution in [1.29, 1.82) is 0 Å². The van der Waals surface area contributed by atoms with Crippen molar-refractivity contribution in [2.75, 3.05) is 39.6 Å². The molecule has 0 amide bonds. The van der Waals surface area contributed by atoms with Gasteiger partial charge in [0.2, 0.25) is 6.79 Å². The molecule has 5 nitrogen and oxygen atoms in total. The molecule has 1 saturated heterocycles. The second-order valence-electron chi connectivity index (χ2n) is 6.45. The van der Waals surface area contributed by atoms with Gasteiger partial charge in [-0.3, -0.25) is 4.90 Å². The maximum Gasteiger partial charge on any atom is 0.231 e. The number of aliphatic hydroxyl groups excluding tert-OH is 1. The Bertz CT molecular complexity index is 498. The first-order valence-corrected chi connectivity index (χ1v) is 7.57. The zero-order valence-electron chi connectivity index (χ0n) is 12.8. The van der Waals surface area contributed by atoms with Gasteiger partial charge < -0.3 is 19.9 Å². The molecule has 0 saturated carbocycles. The number of nitrogens with zero attached hydrogens (tertiary/aromatic N) is 1. The van der Waals surface area contributed by atoms with E-state index in [0.717, 1.165) is 37.7 Å². The molecule has 1 atom stereocenters. The van der Waals surface area contributed by atoms with Crippen molar-refractivity contribution in [3.8, 4) is 11.5 Å². The van der Waals surface area contributed by atoms with Crippen LogP contribution in [0, 0.1) is 5.41 Å². The Morgan fingerprint density at radius 2 is 1.95 bits per heavy atom. The van der Waals surface area contributed by atoms with Gasteiger partial charge in [0.25, 0.3) is 0 Å². The van der Waals surface area contributed by atoms with Gasteiger partial charge in [0.05, 0.1) is 0 Å². The van der Waals surface area contributed by atoms with Crippen LogP contribution in [0.5, 0.6) is 11.5 Å². The normalized spacial score (nSPS) is 20.5. The number of benzene rings is 1. The van der Waals surface area contributed by atoms with E-state index < -0.39 is 0 Å². The van der Waals surface area contributed by atoms with Gasteiger partial charge in [0, 0.05) is 44.2 Å². The van der Waals surface area contributed by atoms with Gasteiger partial charge in [0.15, 0.2) is 11.5 Å². The summed E-state index contributed by atoms with van der Waals surface area (Å²) in [6, 6.07) is 6.30. The fourth-order valence-corrected chi connectivity index (χ4v) is 3.27. The number of ether oxygens (including phenoxy) is 2. The summed E-state index contributed by atoms with van der Waals surface area (Å²) >= 11 is 0. The Balaban J connectivity index is 1.94. The second-order valence-corrected chi connectivity index (χ2v) is 6.45. The quantitative estimate of drug-likeness (QED) is 0.878. The molecule has 2 heterocycles. The van der Waals surface area contributed by atoms with Gasteiger partial charge in [-0.15, -0.1) is 0 Å². The average molecular weight is 292 g/mol. The molecule has 0 radical (unpaired) electrons. The Morgan fingerprint density at radius 1 is 1.24 bits per heavy atom. The minimum absolute atomic E-state index is 0.149. The average Bonchev–Trinajstić information content (AvgIpc) is 2.96. The van der Waals surface area contributed by atoms with E-state index in [1.807, 2.05) is 6.07 Å². The van der Waals surface area contributed by atoms with Crippen molar-refractivity contribution in [1.82, 2.24) is 10.2 Å². The van der Waals surface area contributed by atoms with Crippen molar-refractivity contribution < 1.29 is 14.6 Å². The van der Waals surface area contributed by atoms with E-state index in [0.29, 0.717) is 6.79 Å². The first-order chi connectivity index (χ1) is 10.1. The number of hydrogen-bond acceptors (Lipinski definition) is 5. The molecular formula is C16H24N2O3. The minimum atomic E-state index is -0.217. The predicted octanol–water partition coefficient (Wildman–Crippen LogP) is 1.38. The molecule has 5 heteroatoms. The number of aliphatic hydroxyl groups is 1. The van der Waals surface area contributed by atoms with E-state index >= 15 is 0 Å². The Kier molecular flexibility index (Phi) is 4.06. The van der Waals surface area contributed by atoms with Crippen LogP contribution >= 0.6 is 0 Å². The molecule has 2 aliphatic rings. The SMILES string of the molecule is CC(C)(CO)[C@@H](c1ccc2c(c1)OCO2)N1CCNCC1. The molecule has 116 valence electrons. The van der Waals surface area contributed by atoms with Crippen molar-refractivity contribution in [3.63, 3.8) is 0 Å². The molecule has 0 spiro atoms. The Morgan fingerprint density at radius 3 is 2.67 bits per heavy atom. The van der Waals surface area contributed by atoms with Crippen LogP contribution in [0.1, 0.15) is 25.5 Å². The summed E-state index contributed by atoms with van der Waals surface area (Å²) in [5.74, 6) is 1.61. The van der Waals surface area contributed by atoms with E-state index in [1.165, 1.54) is 5.56 Å². The molecule has 0 aliphatic carbocycles. The van der Waals surface area contributed by atoms with E-state index in [1.54, 1.807) is 0 Å². The summed E-state index contributed by atoms with van der Waals surface area (Å²) in [4.78, 5) is 2.45. The number of hydrogen-bond donors (Lipinski definition) is 2. The Hall–Kier alpha value is -1.30. The molecule has 3 rings (SSSR count). The smallest absolute Gasteiger partial charge is 0.231 e. The summed E-state index contributed by atoms with van der Waals surface area (Å²) in [6.07, 6.45) is 0. The third-order valence-electron chi connectivity index (χ3n) is 4.38. The summed E-state index contributed by atoms with van der Waals surface area (Å²) in [6.45, 7) is 8.63. The third kappa shape index (κ3) is 2.86. The number of nitrogens with one attached hydrogen (secondary N) is 1. The number of fused-ring (bicyclic) bond motifs is 1. The number of piperazine rings is 1. The van der Waals surface area contributed by atoms with Crippen LogP contribution in [-0.4, -0.2) is 49.6 Å². The highest BCUT2D eigenvalue weighted by molar-refractivity contribution is 5.45. The van der Waals surface area contributed by atoms with Gasteiger partial charge in [0.1, 0.15) is 0 Å². The van der Waals surface area contributed by atoms with Crippen LogP contribution < -0.4 is 14.8 Å². The highest BCUT2D eigenvalue weighted by Crippen LogP contribution is 2.42. The van der Waals surface area contributed by atoms with Crippen molar-refractivity contribution in [3.05, 3.63) is 23.8 Å². The van der Waals surface area contributed by atoms with Crippen molar-refractivity contribution >= 4 is 0 Å². The van der Waals surface area contributed by atoms with Gasteiger partial charge in [-0.25, -0.2) is 0 Å². The lowest BCUT2D eigenvalue weighted by Crippen LogP contribution is -2.49. The standard InChI is InChI=1S/C16H24N2O3/c1-16(2,10-19)15(18-7-5-17-6-8-18)12-3-4-13-14(9-12)21-11-20-13/h3-4,9,15,17,19H,5-8,10-11H2,1-2H3/t15-/m1/s1. The molecule has 2 N–H and O–H groups in total. The lowest BCUT2D eigenvalue weighted by Gasteiger charge is -2.43.